The normalized spacial score (nSPS) is 17.0. The summed E-state index contributed by atoms with van der Waals surface area (Å²) in [6, 6.07) is 4.61. The predicted octanol–water partition coefficient (Wildman–Crippen LogP) is 4.53. The first kappa shape index (κ1) is 22.6. The molecule has 2 aliphatic rings. The molecule has 0 atom stereocenters. The van der Waals surface area contributed by atoms with Crippen molar-refractivity contribution in [2.75, 3.05) is 5.43 Å². The molecule has 2 fully saturated rings. The minimum atomic E-state index is -4.33. The second-order valence-corrected chi connectivity index (χ2v) is 4.85. The Balaban J connectivity index is 0.000000486. The number of benzene rings is 1. The van der Waals surface area contributed by atoms with E-state index in [9.17, 15) is 13.2 Å². The fraction of sp³-hybridized carbons (Fsp3) is 0.0500. The molecular formula is C20H15F3FeN2+2. The van der Waals surface area contributed by atoms with Gasteiger partial charge in [0.15, 0.2) is 0 Å². The number of rotatable bonds is 2. The molecule has 0 saturated heterocycles. The molecule has 1 N–H and O–H groups in total. The fourth-order valence-electron chi connectivity index (χ4n) is 1.77. The van der Waals surface area contributed by atoms with E-state index in [1.807, 2.05) is 57.8 Å². The van der Waals surface area contributed by atoms with E-state index in [2.05, 4.69) is 22.4 Å². The quantitative estimate of drug-likeness (QED) is 0.338. The minimum absolute atomic E-state index is 0. The maximum Gasteiger partial charge on any atom is 2.00 e. The van der Waals surface area contributed by atoms with Crippen LogP contribution in [0, 0.1) is 75.5 Å². The van der Waals surface area contributed by atoms with E-state index in [4.69, 9.17) is 0 Å². The first-order chi connectivity index (χ1) is 12.1. The third-order valence-electron chi connectivity index (χ3n) is 2.97. The van der Waals surface area contributed by atoms with Crippen LogP contribution in [0.15, 0.2) is 29.4 Å². The van der Waals surface area contributed by atoms with Crippen molar-refractivity contribution in [1.82, 2.24) is 0 Å². The van der Waals surface area contributed by atoms with Gasteiger partial charge in [-0.3, -0.25) is 5.43 Å². The Hall–Kier alpha value is -1.44. The van der Waals surface area contributed by atoms with Crippen LogP contribution in [0.3, 0.4) is 0 Å². The number of anilines is 1. The summed E-state index contributed by atoms with van der Waals surface area (Å²) >= 11 is 0. The monoisotopic (exact) mass is 396 g/mol. The van der Waals surface area contributed by atoms with Crippen molar-refractivity contribution < 1.29 is 30.2 Å². The molecule has 1 aromatic carbocycles. The zero-order valence-corrected chi connectivity index (χ0v) is 14.6. The molecule has 10 radical (unpaired) electrons. The second-order valence-electron chi connectivity index (χ2n) is 4.85. The number of hydrazone groups is 1. The first-order valence-corrected chi connectivity index (χ1v) is 7.40. The number of hydrogen-bond acceptors (Lipinski definition) is 2. The summed E-state index contributed by atoms with van der Waals surface area (Å²) < 4.78 is 37.0. The van der Waals surface area contributed by atoms with Crippen LogP contribution in [0.25, 0.3) is 0 Å². The summed E-state index contributed by atoms with van der Waals surface area (Å²) in [5, 5.41) is 3.80. The van der Waals surface area contributed by atoms with Crippen LogP contribution in [-0.4, -0.2) is 6.21 Å². The van der Waals surface area contributed by atoms with Crippen LogP contribution in [0.1, 0.15) is 5.56 Å². The van der Waals surface area contributed by atoms with Gasteiger partial charge in [-0.25, -0.2) is 0 Å². The van der Waals surface area contributed by atoms with Gasteiger partial charge in [0.1, 0.15) is 0 Å². The molecule has 2 aliphatic carbocycles. The maximum atomic E-state index is 12.3. The molecule has 0 aromatic heterocycles. The van der Waals surface area contributed by atoms with Crippen molar-refractivity contribution in [2.45, 2.75) is 6.18 Å². The molecule has 0 aliphatic heterocycles. The van der Waals surface area contributed by atoms with Gasteiger partial charge in [0.25, 0.3) is 0 Å². The second kappa shape index (κ2) is 12.0. The summed E-state index contributed by atoms with van der Waals surface area (Å²) in [5.74, 6) is 6.44. The van der Waals surface area contributed by atoms with Gasteiger partial charge < -0.3 is 0 Å². The molecule has 1 aromatic rings. The number of halogens is 3. The van der Waals surface area contributed by atoms with Crippen molar-refractivity contribution >= 4 is 11.9 Å². The van der Waals surface area contributed by atoms with Crippen LogP contribution in [0.5, 0.6) is 0 Å². The van der Waals surface area contributed by atoms with E-state index < -0.39 is 11.7 Å². The fourth-order valence-corrected chi connectivity index (χ4v) is 1.77. The van der Waals surface area contributed by atoms with Gasteiger partial charge in [0, 0.05) is 0 Å². The van der Waals surface area contributed by atoms with Gasteiger partial charge in [-0.15, -0.1) is 0 Å². The van der Waals surface area contributed by atoms with Crippen molar-refractivity contribution in [1.29, 1.82) is 0 Å². The van der Waals surface area contributed by atoms with Gasteiger partial charge >= 0.3 is 23.2 Å². The Bertz CT molecular complexity index is 583. The zero-order chi connectivity index (χ0) is 18.0. The Labute approximate surface area is 164 Å². The summed E-state index contributed by atoms with van der Waals surface area (Å²) in [6.07, 6.45) is 14.5. The third-order valence-corrected chi connectivity index (χ3v) is 2.97. The van der Waals surface area contributed by atoms with Gasteiger partial charge in [-0.1, -0.05) is 11.8 Å². The molecule has 0 unspecified atom stereocenters. The molecule has 2 nitrogen and oxygen atoms in total. The Morgan fingerprint density at radius 1 is 0.846 bits per heavy atom. The Morgan fingerprint density at radius 2 is 1.38 bits per heavy atom. The largest absolute Gasteiger partial charge is 2.00 e. The van der Waals surface area contributed by atoms with E-state index >= 15 is 0 Å². The van der Waals surface area contributed by atoms with Crippen molar-refractivity contribution in [3.63, 3.8) is 0 Å². The van der Waals surface area contributed by atoms with Crippen LogP contribution >= 0.6 is 0 Å². The first-order valence-electron chi connectivity index (χ1n) is 7.40. The van der Waals surface area contributed by atoms with Crippen molar-refractivity contribution in [3.8, 4) is 11.8 Å². The molecule has 0 amide bonds. The van der Waals surface area contributed by atoms with Gasteiger partial charge in [-0.05, 0) is 82.1 Å². The molecule has 6 heteroatoms. The summed E-state index contributed by atoms with van der Waals surface area (Å²) in [4.78, 5) is 0. The van der Waals surface area contributed by atoms with Crippen LogP contribution in [-0.2, 0) is 23.2 Å². The standard InChI is InChI=1S/C15H10F3N2.C5H5.Fe/c16-15(17,18)13-7-9-14(10-8-13)20-19-11-3-6-12-4-1-2-5-12;1-2-4-5-3-1;/h1-2,4-5,7-11,20H;1-5H;/q;;+2/b19-11-;;. The molecule has 2 saturated carbocycles. The van der Waals surface area contributed by atoms with Crippen LogP contribution < -0.4 is 5.43 Å². The van der Waals surface area contributed by atoms with E-state index in [1.54, 1.807) is 0 Å². The molecule has 132 valence electrons. The number of alkyl halides is 3. The van der Waals surface area contributed by atoms with E-state index in [0.29, 0.717) is 5.69 Å². The predicted molar refractivity (Wildman–Crippen MR) is 93.3 cm³/mol. The molecule has 0 spiro atoms. The topological polar surface area (TPSA) is 24.4 Å². The summed E-state index contributed by atoms with van der Waals surface area (Å²) in [5.41, 5.74) is 2.37. The van der Waals surface area contributed by atoms with E-state index in [0.717, 1.165) is 18.1 Å². The number of nitrogens with one attached hydrogen (secondary N) is 1. The number of nitrogens with zero attached hydrogens (tertiary/aromatic N) is 1. The Morgan fingerprint density at radius 3 is 1.88 bits per heavy atom. The number of hydrogen-bond donors (Lipinski definition) is 1. The van der Waals surface area contributed by atoms with Crippen LogP contribution in [0.2, 0.25) is 0 Å². The smallest absolute Gasteiger partial charge is 0.278 e. The van der Waals surface area contributed by atoms with Crippen molar-refractivity contribution in [2.24, 2.45) is 5.10 Å². The molecule has 3 rings (SSSR count). The van der Waals surface area contributed by atoms with Gasteiger partial charge in [-0.2, -0.15) is 18.3 Å². The third kappa shape index (κ3) is 8.78. The van der Waals surface area contributed by atoms with E-state index in [1.165, 1.54) is 18.3 Å². The summed E-state index contributed by atoms with van der Waals surface area (Å²) in [7, 11) is 0. The molecule has 0 bridgehead atoms. The average molecular weight is 396 g/mol. The minimum Gasteiger partial charge on any atom is -0.278 e. The van der Waals surface area contributed by atoms with Crippen LogP contribution in [0.4, 0.5) is 18.9 Å². The molecule has 26 heavy (non-hydrogen) atoms. The Kier molecular flexibility index (Phi) is 10.5. The zero-order valence-electron chi connectivity index (χ0n) is 13.5. The van der Waals surface area contributed by atoms with Crippen molar-refractivity contribution in [3.05, 3.63) is 93.5 Å². The molecular weight excluding hydrogens is 381 g/mol. The van der Waals surface area contributed by atoms with E-state index in [-0.39, 0.29) is 17.1 Å². The molecule has 0 heterocycles. The van der Waals surface area contributed by atoms with Gasteiger partial charge in [0.05, 0.1) is 23.4 Å². The summed E-state index contributed by atoms with van der Waals surface area (Å²) in [6.45, 7) is 0. The van der Waals surface area contributed by atoms with Gasteiger partial charge in [0.2, 0.25) is 0 Å². The maximum absolute atomic E-state index is 12.3. The SMILES string of the molecule is FC(F)(F)c1ccc(N/N=C\C#C[C]2[CH][CH][CH][CH]2)cc1.[CH]1[CH][CH][CH][CH]1.[Fe+2]. The average Bonchev–Trinajstić information content (AvgIpc) is 3.31.